The van der Waals surface area contributed by atoms with Crippen LogP contribution in [0.4, 0.5) is 0 Å². The molecule has 1 N–H and O–H groups in total. The molecule has 4 nitrogen and oxygen atoms in total. The molecule has 5 heteroatoms. The van der Waals surface area contributed by atoms with Crippen molar-refractivity contribution >= 4 is 17.3 Å². The third kappa shape index (κ3) is 3.30. The van der Waals surface area contributed by atoms with Gasteiger partial charge in [0, 0.05) is 37.6 Å². The summed E-state index contributed by atoms with van der Waals surface area (Å²) < 4.78 is 0. The molecule has 88 valence electrons. The second-order valence-corrected chi connectivity index (χ2v) is 5.06. The Labute approximate surface area is 99.1 Å². The highest BCUT2D eigenvalue weighted by Crippen LogP contribution is 2.13. The molecular weight excluding hydrogens is 224 g/mol. The van der Waals surface area contributed by atoms with Crippen LogP contribution in [0.2, 0.25) is 0 Å². The molecule has 1 aliphatic rings. The minimum atomic E-state index is -0.730. The quantitative estimate of drug-likeness (QED) is 0.851. The Hall–Kier alpha value is -0.910. The van der Waals surface area contributed by atoms with Crippen LogP contribution in [0.3, 0.4) is 0 Å². The van der Waals surface area contributed by atoms with Gasteiger partial charge in [-0.25, -0.2) is 0 Å². The molecule has 0 radical (unpaired) electrons. The lowest BCUT2D eigenvalue weighted by Gasteiger charge is -2.33. The number of piperazine rings is 1. The largest absolute Gasteiger partial charge is 0.480 e. The molecule has 0 aliphatic carbocycles. The van der Waals surface area contributed by atoms with E-state index in [1.165, 1.54) is 4.88 Å². The fraction of sp³-hybridized carbons (Fsp3) is 0.545. The first-order valence-electron chi connectivity index (χ1n) is 5.43. The van der Waals surface area contributed by atoms with Gasteiger partial charge in [-0.05, 0) is 11.4 Å². The van der Waals surface area contributed by atoms with Crippen LogP contribution < -0.4 is 0 Å². The van der Waals surface area contributed by atoms with E-state index in [-0.39, 0.29) is 6.54 Å². The number of hydrogen-bond acceptors (Lipinski definition) is 4. The van der Waals surface area contributed by atoms with Crippen LogP contribution >= 0.6 is 11.3 Å². The summed E-state index contributed by atoms with van der Waals surface area (Å²) in [6.07, 6.45) is 0. The number of carboxylic acid groups (broad SMARTS) is 1. The van der Waals surface area contributed by atoms with Crippen molar-refractivity contribution in [3.05, 3.63) is 22.4 Å². The lowest BCUT2D eigenvalue weighted by Crippen LogP contribution is -2.47. The average molecular weight is 240 g/mol. The lowest BCUT2D eigenvalue weighted by atomic mass is 10.3. The van der Waals surface area contributed by atoms with Gasteiger partial charge < -0.3 is 5.11 Å². The molecule has 0 aromatic carbocycles. The first-order valence-corrected chi connectivity index (χ1v) is 6.31. The lowest BCUT2D eigenvalue weighted by molar-refractivity contribution is -0.138. The topological polar surface area (TPSA) is 43.8 Å². The van der Waals surface area contributed by atoms with E-state index in [9.17, 15) is 4.79 Å². The van der Waals surface area contributed by atoms with Gasteiger partial charge in [0.1, 0.15) is 0 Å². The zero-order valence-electron chi connectivity index (χ0n) is 9.13. The van der Waals surface area contributed by atoms with Crippen LogP contribution in [0, 0.1) is 0 Å². The number of nitrogens with zero attached hydrogens (tertiary/aromatic N) is 2. The third-order valence-corrected chi connectivity index (χ3v) is 3.64. The van der Waals surface area contributed by atoms with Crippen LogP contribution in [0.1, 0.15) is 4.88 Å². The minimum absolute atomic E-state index is 0.173. The van der Waals surface area contributed by atoms with E-state index in [1.807, 2.05) is 4.90 Å². The highest BCUT2D eigenvalue weighted by Gasteiger charge is 2.18. The fourth-order valence-electron chi connectivity index (χ4n) is 1.92. The SMILES string of the molecule is O=C(O)CN1CCN(Cc2cccs2)CC1. The van der Waals surface area contributed by atoms with E-state index in [2.05, 4.69) is 22.4 Å². The van der Waals surface area contributed by atoms with Crippen LogP contribution in [0.5, 0.6) is 0 Å². The van der Waals surface area contributed by atoms with Crippen molar-refractivity contribution in [1.29, 1.82) is 0 Å². The van der Waals surface area contributed by atoms with E-state index >= 15 is 0 Å². The first-order chi connectivity index (χ1) is 7.74. The Bertz CT molecular complexity index is 332. The summed E-state index contributed by atoms with van der Waals surface area (Å²) in [7, 11) is 0. The second-order valence-electron chi connectivity index (χ2n) is 4.03. The molecule has 1 aliphatic heterocycles. The average Bonchev–Trinajstić information content (AvgIpc) is 2.73. The van der Waals surface area contributed by atoms with Gasteiger partial charge in [0.05, 0.1) is 6.54 Å². The molecular formula is C11H16N2O2S. The zero-order chi connectivity index (χ0) is 11.4. The van der Waals surface area contributed by atoms with Gasteiger partial charge in [0.2, 0.25) is 0 Å². The molecule has 1 fully saturated rings. The van der Waals surface area contributed by atoms with E-state index in [0.717, 1.165) is 32.7 Å². The Kier molecular flexibility index (Phi) is 3.93. The highest BCUT2D eigenvalue weighted by molar-refractivity contribution is 7.09. The summed E-state index contributed by atoms with van der Waals surface area (Å²) in [6.45, 7) is 4.82. The van der Waals surface area contributed by atoms with Gasteiger partial charge in [-0.3, -0.25) is 14.6 Å². The van der Waals surface area contributed by atoms with Crippen molar-refractivity contribution in [1.82, 2.24) is 9.80 Å². The molecule has 16 heavy (non-hydrogen) atoms. The monoisotopic (exact) mass is 240 g/mol. The van der Waals surface area contributed by atoms with E-state index < -0.39 is 5.97 Å². The van der Waals surface area contributed by atoms with Gasteiger partial charge in [0.25, 0.3) is 0 Å². The summed E-state index contributed by atoms with van der Waals surface area (Å²) in [4.78, 5) is 16.3. The Balaban J connectivity index is 1.75. The van der Waals surface area contributed by atoms with Gasteiger partial charge in [-0.2, -0.15) is 0 Å². The predicted octanol–water partition coefficient (Wildman–Crippen LogP) is 0.950. The molecule has 0 amide bonds. The van der Waals surface area contributed by atoms with Gasteiger partial charge in [0.15, 0.2) is 0 Å². The molecule has 0 atom stereocenters. The smallest absolute Gasteiger partial charge is 0.317 e. The molecule has 1 aromatic rings. The third-order valence-electron chi connectivity index (χ3n) is 2.78. The van der Waals surface area contributed by atoms with Gasteiger partial charge >= 0.3 is 5.97 Å². The fourth-order valence-corrected chi connectivity index (χ4v) is 2.67. The predicted molar refractivity (Wildman–Crippen MR) is 63.7 cm³/mol. The van der Waals surface area contributed by atoms with Gasteiger partial charge in [-0.1, -0.05) is 6.07 Å². The number of carbonyl (C=O) groups is 1. The number of aliphatic carboxylic acids is 1. The van der Waals surface area contributed by atoms with Crippen molar-refractivity contribution in [2.75, 3.05) is 32.7 Å². The summed E-state index contributed by atoms with van der Waals surface area (Å²) in [6, 6.07) is 4.22. The molecule has 2 heterocycles. The zero-order valence-corrected chi connectivity index (χ0v) is 9.95. The molecule has 1 aromatic heterocycles. The number of rotatable bonds is 4. The Morgan fingerprint density at radius 2 is 2.00 bits per heavy atom. The second kappa shape index (κ2) is 5.43. The van der Waals surface area contributed by atoms with E-state index in [0.29, 0.717) is 0 Å². The summed E-state index contributed by atoms with van der Waals surface area (Å²) in [5.74, 6) is -0.730. The first kappa shape index (κ1) is 11.6. The molecule has 0 saturated carbocycles. The number of hydrogen-bond donors (Lipinski definition) is 1. The maximum Gasteiger partial charge on any atom is 0.317 e. The van der Waals surface area contributed by atoms with Crippen molar-refractivity contribution in [2.45, 2.75) is 6.54 Å². The Morgan fingerprint density at radius 3 is 2.56 bits per heavy atom. The van der Waals surface area contributed by atoms with Crippen molar-refractivity contribution in [3.8, 4) is 0 Å². The van der Waals surface area contributed by atoms with Gasteiger partial charge in [-0.15, -0.1) is 11.3 Å². The van der Waals surface area contributed by atoms with Crippen LogP contribution in [0.25, 0.3) is 0 Å². The molecule has 2 rings (SSSR count). The van der Waals surface area contributed by atoms with Crippen LogP contribution in [0.15, 0.2) is 17.5 Å². The number of thiophene rings is 1. The van der Waals surface area contributed by atoms with E-state index in [4.69, 9.17) is 5.11 Å². The molecule has 0 bridgehead atoms. The molecule has 0 spiro atoms. The maximum atomic E-state index is 10.6. The van der Waals surface area contributed by atoms with Crippen molar-refractivity contribution < 1.29 is 9.90 Å². The van der Waals surface area contributed by atoms with Crippen LogP contribution in [-0.4, -0.2) is 53.6 Å². The van der Waals surface area contributed by atoms with E-state index in [1.54, 1.807) is 11.3 Å². The normalized spacial score (nSPS) is 18.8. The maximum absolute atomic E-state index is 10.6. The summed E-state index contributed by atoms with van der Waals surface area (Å²) in [5, 5.41) is 10.8. The minimum Gasteiger partial charge on any atom is -0.480 e. The van der Waals surface area contributed by atoms with Crippen molar-refractivity contribution in [3.63, 3.8) is 0 Å². The van der Waals surface area contributed by atoms with Crippen molar-refractivity contribution in [2.24, 2.45) is 0 Å². The summed E-state index contributed by atoms with van der Waals surface area (Å²) >= 11 is 1.78. The molecule has 1 saturated heterocycles. The summed E-state index contributed by atoms with van der Waals surface area (Å²) in [5.41, 5.74) is 0. The van der Waals surface area contributed by atoms with Crippen LogP contribution in [-0.2, 0) is 11.3 Å². The Morgan fingerprint density at radius 1 is 1.31 bits per heavy atom. The highest BCUT2D eigenvalue weighted by atomic mass is 32.1. The number of carboxylic acids is 1. The standard InChI is InChI=1S/C11H16N2O2S/c14-11(15)9-13-5-3-12(4-6-13)8-10-2-1-7-16-10/h1-2,7H,3-6,8-9H2,(H,14,15). The molecule has 0 unspecified atom stereocenters.